The highest BCUT2D eigenvalue weighted by atomic mass is 19.1. The minimum absolute atomic E-state index is 0.0442. The SMILES string of the molecule is CC(=O)N1CCC(CN)C(c2cc(F)ccc2F)C1. The first kappa shape index (κ1) is 13.9. The zero-order valence-electron chi connectivity index (χ0n) is 10.9. The largest absolute Gasteiger partial charge is 0.342 e. The first-order chi connectivity index (χ1) is 9.02. The van der Waals surface area contributed by atoms with Crippen molar-refractivity contribution in [2.45, 2.75) is 19.3 Å². The van der Waals surface area contributed by atoms with Gasteiger partial charge in [0.2, 0.25) is 5.91 Å². The van der Waals surface area contributed by atoms with Crippen molar-refractivity contribution in [3.8, 4) is 0 Å². The Kier molecular flexibility index (Phi) is 4.14. The van der Waals surface area contributed by atoms with Crippen molar-refractivity contribution in [3.05, 3.63) is 35.4 Å². The van der Waals surface area contributed by atoms with E-state index >= 15 is 0 Å². The number of hydrogen-bond acceptors (Lipinski definition) is 2. The quantitative estimate of drug-likeness (QED) is 0.890. The number of piperidine rings is 1. The summed E-state index contributed by atoms with van der Waals surface area (Å²) in [4.78, 5) is 13.1. The summed E-state index contributed by atoms with van der Waals surface area (Å²) in [5.74, 6) is -1.11. The van der Waals surface area contributed by atoms with Gasteiger partial charge < -0.3 is 10.6 Å². The number of carbonyl (C=O) groups is 1. The number of likely N-dealkylation sites (tertiary alicyclic amines) is 1. The molecule has 1 fully saturated rings. The van der Waals surface area contributed by atoms with Gasteiger partial charge in [0.1, 0.15) is 11.6 Å². The molecule has 5 heteroatoms. The number of benzene rings is 1. The van der Waals surface area contributed by atoms with E-state index in [0.29, 0.717) is 25.2 Å². The van der Waals surface area contributed by atoms with Crippen LogP contribution < -0.4 is 5.73 Å². The van der Waals surface area contributed by atoms with E-state index in [9.17, 15) is 13.6 Å². The predicted molar refractivity (Wildman–Crippen MR) is 68.5 cm³/mol. The second-order valence-corrected chi connectivity index (χ2v) is 5.02. The van der Waals surface area contributed by atoms with Crippen LogP contribution in [0.1, 0.15) is 24.8 Å². The minimum atomic E-state index is -0.466. The molecule has 2 atom stereocenters. The van der Waals surface area contributed by atoms with Gasteiger partial charge in [0, 0.05) is 25.9 Å². The van der Waals surface area contributed by atoms with Crippen molar-refractivity contribution in [1.29, 1.82) is 0 Å². The van der Waals surface area contributed by atoms with Crippen LogP contribution in [0, 0.1) is 17.6 Å². The Labute approximate surface area is 111 Å². The minimum Gasteiger partial charge on any atom is -0.342 e. The third kappa shape index (κ3) is 2.92. The third-order valence-corrected chi connectivity index (χ3v) is 3.86. The van der Waals surface area contributed by atoms with Gasteiger partial charge in [0.05, 0.1) is 0 Å². The fraction of sp³-hybridized carbons (Fsp3) is 0.500. The maximum atomic E-state index is 13.9. The van der Waals surface area contributed by atoms with Crippen LogP contribution in [0.2, 0.25) is 0 Å². The maximum Gasteiger partial charge on any atom is 0.219 e. The summed E-state index contributed by atoms with van der Waals surface area (Å²) in [5, 5.41) is 0. The standard InChI is InChI=1S/C14H18F2N2O/c1-9(19)18-5-4-10(7-17)13(8-18)12-6-11(15)2-3-14(12)16/h2-3,6,10,13H,4-5,7-8,17H2,1H3. The third-order valence-electron chi connectivity index (χ3n) is 3.86. The van der Waals surface area contributed by atoms with Crippen molar-refractivity contribution < 1.29 is 13.6 Å². The van der Waals surface area contributed by atoms with Crippen LogP contribution in [-0.4, -0.2) is 30.4 Å². The van der Waals surface area contributed by atoms with Gasteiger partial charge in [0.15, 0.2) is 0 Å². The van der Waals surface area contributed by atoms with Crippen LogP contribution in [0.15, 0.2) is 18.2 Å². The molecule has 104 valence electrons. The summed E-state index contributed by atoms with van der Waals surface area (Å²) in [7, 11) is 0. The predicted octanol–water partition coefficient (Wildman–Crippen LogP) is 1.88. The molecule has 0 saturated carbocycles. The van der Waals surface area contributed by atoms with E-state index in [4.69, 9.17) is 5.73 Å². The number of hydrogen-bond donors (Lipinski definition) is 1. The van der Waals surface area contributed by atoms with E-state index < -0.39 is 11.6 Å². The second-order valence-electron chi connectivity index (χ2n) is 5.02. The molecule has 1 amide bonds. The topological polar surface area (TPSA) is 46.3 Å². The van der Waals surface area contributed by atoms with Crippen LogP contribution in [-0.2, 0) is 4.79 Å². The van der Waals surface area contributed by atoms with Crippen LogP contribution in [0.4, 0.5) is 8.78 Å². The van der Waals surface area contributed by atoms with E-state index in [1.807, 2.05) is 0 Å². The summed E-state index contributed by atoms with van der Waals surface area (Å²) >= 11 is 0. The molecule has 2 N–H and O–H groups in total. The molecule has 2 rings (SSSR count). The van der Waals surface area contributed by atoms with E-state index in [-0.39, 0.29) is 17.7 Å². The Morgan fingerprint density at radius 1 is 1.47 bits per heavy atom. The number of halogens is 2. The maximum absolute atomic E-state index is 13.9. The Hall–Kier alpha value is -1.49. The van der Waals surface area contributed by atoms with E-state index in [0.717, 1.165) is 18.6 Å². The summed E-state index contributed by atoms with van der Waals surface area (Å²) in [6.45, 7) is 2.93. The lowest BCUT2D eigenvalue weighted by Crippen LogP contribution is -2.44. The van der Waals surface area contributed by atoms with Crippen LogP contribution in [0.25, 0.3) is 0 Å². The lowest BCUT2D eigenvalue weighted by atomic mass is 9.80. The first-order valence-electron chi connectivity index (χ1n) is 6.43. The van der Waals surface area contributed by atoms with Crippen molar-refractivity contribution in [1.82, 2.24) is 4.90 Å². The lowest BCUT2D eigenvalue weighted by Gasteiger charge is -2.38. The number of amides is 1. The van der Waals surface area contributed by atoms with E-state index in [2.05, 4.69) is 0 Å². The summed E-state index contributed by atoms with van der Waals surface area (Å²) in [6.07, 6.45) is 0.719. The number of carbonyl (C=O) groups excluding carboxylic acids is 1. The lowest BCUT2D eigenvalue weighted by molar-refractivity contribution is -0.130. The van der Waals surface area contributed by atoms with Crippen molar-refractivity contribution in [2.75, 3.05) is 19.6 Å². The molecule has 0 radical (unpaired) electrons. The van der Waals surface area contributed by atoms with E-state index in [1.54, 1.807) is 4.90 Å². The first-order valence-corrected chi connectivity index (χ1v) is 6.43. The normalized spacial score (nSPS) is 23.5. The molecule has 1 heterocycles. The molecule has 1 aromatic rings. The highest BCUT2D eigenvalue weighted by molar-refractivity contribution is 5.73. The highest BCUT2D eigenvalue weighted by Crippen LogP contribution is 2.33. The Bertz CT molecular complexity index is 479. The van der Waals surface area contributed by atoms with Gasteiger partial charge >= 0.3 is 0 Å². The molecule has 1 saturated heterocycles. The zero-order chi connectivity index (χ0) is 14.0. The van der Waals surface area contributed by atoms with Crippen molar-refractivity contribution in [3.63, 3.8) is 0 Å². The monoisotopic (exact) mass is 268 g/mol. The average Bonchev–Trinajstić information content (AvgIpc) is 2.40. The zero-order valence-corrected chi connectivity index (χ0v) is 10.9. The molecule has 1 aliphatic rings. The molecule has 1 aromatic carbocycles. The molecule has 0 spiro atoms. The average molecular weight is 268 g/mol. The molecule has 19 heavy (non-hydrogen) atoms. The van der Waals surface area contributed by atoms with Crippen LogP contribution in [0.3, 0.4) is 0 Å². The van der Waals surface area contributed by atoms with Gasteiger partial charge in [-0.05, 0) is 42.6 Å². The van der Waals surface area contributed by atoms with Gasteiger partial charge in [-0.3, -0.25) is 4.79 Å². The molecular formula is C14H18F2N2O. The van der Waals surface area contributed by atoms with E-state index in [1.165, 1.54) is 13.0 Å². The number of nitrogens with zero attached hydrogens (tertiary/aromatic N) is 1. The van der Waals surface area contributed by atoms with Gasteiger partial charge in [-0.15, -0.1) is 0 Å². The summed E-state index contributed by atoms with van der Waals surface area (Å²) < 4.78 is 27.2. The van der Waals surface area contributed by atoms with Crippen molar-refractivity contribution >= 4 is 5.91 Å². The molecule has 0 aromatic heterocycles. The molecule has 0 aliphatic carbocycles. The number of nitrogens with two attached hydrogens (primary N) is 1. The molecule has 1 aliphatic heterocycles. The van der Waals surface area contributed by atoms with Gasteiger partial charge in [0.25, 0.3) is 0 Å². The molecule has 0 bridgehead atoms. The molecule has 3 nitrogen and oxygen atoms in total. The van der Waals surface area contributed by atoms with Gasteiger partial charge in [-0.25, -0.2) is 8.78 Å². The Morgan fingerprint density at radius 2 is 2.21 bits per heavy atom. The smallest absolute Gasteiger partial charge is 0.219 e. The van der Waals surface area contributed by atoms with Crippen molar-refractivity contribution in [2.24, 2.45) is 11.7 Å². The number of rotatable bonds is 2. The highest BCUT2D eigenvalue weighted by Gasteiger charge is 2.32. The summed E-state index contributed by atoms with van der Waals surface area (Å²) in [5.41, 5.74) is 6.04. The van der Waals surface area contributed by atoms with Crippen LogP contribution >= 0.6 is 0 Å². The Balaban J connectivity index is 2.32. The second kappa shape index (κ2) is 5.65. The fourth-order valence-corrected chi connectivity index (χ4v) is 2.72. The molecule has 2 unspecified atom stereocenters. The summed E-state index contributed by atoms with van der Waals surface area (Å²) in [6, 6.07) is 3.44. The Morgan fingerprint density at radius 3 is 2.84 bits per heavy atom. The van der Waals surface area contributed by atoms with Gasteiger partial charge in [-0.2, -0.15) is 0 Å². The molecular weight excluding hydrogens is 250 g/mol. The van der Waals surface area contributed by atoms with Crippen LogP contribution in [0.5, 0.6) is 0 Å². The fourth-order valence-electron chi connectivity index (χ4n) is 2.72. The van der Waals surface area contributed by atoms with Gasteiger partial charge in [-0.1, -0.05) is 0 Å².